The van der Waals surface area contributed by atoms with Gasteiger partial charge in [0.15, 0.2) is 11.6 Å². The third kappa shape index (κ3) is 3.42. The maximum Gasteiger partial charge on any atom is 0.513 e. The van der Waals surface area contributed by atoms with E-state index in [9.17, 15) is 19.6 Å². The van der Waals surface area contributed by atoms with Crippen LogP contribution in [0.4, 0.5) is 9.18 Å². The molecule has 1 N–H and O–H groups in total. The summed E-state index contributed by atoms with van der Waals surface area (Å²) in [5.41, 5.74) is 0.0313. The first kappa shape index (κ1) is 17.6. The van der Waals surface area contributed by atoms with E-state index in [-0.39, 0.29) is 39.6 Å². The molecular weight excluding hydrogens is 337 g/mol. The van der Waals surface area contributed by atoms with Crippen molar-refractivity contribution < 1.29 is 23.8 Å². The fraction of sp³-hybridized carbons (Fsp3) is 0.176. The number of benzene rings is 2. The van der Waals surface area contributed by atoms with Crippen LogP contribution >= 0.6 is 11.6 Å². The Morgan fingerprint density at radius 1 is 1.42 bits per heavy atom. The van der Waals surface area contributed by atoms with Gasteiger partial charge in [-0.3, -0.25) is 0 Å². The molecule has 0 saturated heterocycles. The van der Waals surface area contributed by atoms with Gasteiger partial charge in [-0.2, -0.15) is 5.26 Å². The normalized spacial score (nSPS) is 10.1. The molecular formula is C17H13ClFNO4. The van der Waals surface area contributed by atoms with Crippen molar-refractivity contribution in [1.29, 1.82) is 5.26 Å². The molecule has 0 saturated carbocycles. The van der Waals surface area contributed by atoms with E-state index >= 15 is 0 Å². The zero-order valence-electron chi connectivity index (χ0n) is 12.9. The van der Waals surface area contributed by atoms with Gasteiger partial charge in [-0.25, -0.2) is 9.18 Å². The summed E-state index contributed by atoms with van der Waals surface area (Å²) in [6.45, 7) is 3.18. The molecule has 0 radical (unpaired) electrons. The standard InChI is InChI=1S/C17H13ClFNO4/c1-3-23-17(22)24-13-5-4-11(18)7-12(13)14-10(8-20)6-9(2)16(21)15(14)19/h4-7,21H,3H2,1-2H3. The molecule has 2 aromatic carbocycles. The molecule has 7 heteroatoms. The van der Waals surface area contributed by atoms with Gasteiger partial charge < -0.3 is 14.6 Å². The Balaban J connectivity index is 2.69. The summed E-state index contributed by atoms with van der Waals surface area (Å²) in [4.78, 5) is 11.6. The zero-order chi connectivity index (χ0) is 17.9. The fourth-order valence-electron chi connectivity index (χ4n) is 2.14. The quantitative estimate of drug-likeness (QED) is 0.648. The average molecular weight is 350 g/mol. The van der Waals surface area contributed by atoms with Crippen molar-refractivity contribution in [2.75, 3.05) is 6.61 Å². The Hall–Kier alpha value is -2.78. The third-order valence-electron chi connectivity index (χ3n) is 3.22. The predicted octanol–water partition coefficient (Wildman–Crippen LogP) is 4.57. The first-order valence-corrected chi connectivity index (χ1v) is 7.33. The van der Waals surface area contributed by atoms with Gasteiger partial charge in [-0.1, -0.05) is 11.6 Å². The number of aromatic hydroxyl groups is 1. The Morgan fingerprint density at radius 3 is 2.75 bits per heavy atom. The molecule has 0 aromatic heterocycles. The molecule has 2 aromatic rings. The summed E-state index contributed by atoms with van der Waals surface area (Å²) >= 11 is 5.94. The minimum Gasteiger partial charge on any atom is -0.505 e. The van der Waals surface area contributed by atoms with Crippen molar-refractivity contribution in [2.45, 2.75) is 13.8 Å². The molecule has 0 spiro atoms. The van der Waals surface area contributed by atoms with Crippen LogP contribution in [0.1, 0.15) is 18.1 Å². The van der Waals surface area contributed by atoms with Crippen molar-refractivity contribution in [3.8, 4) is 28.7 Å². The minimum atomic E-state index is -0.998. The number of rotatable bonds is 3. The van der Waals surface area contributed by atoms with Crippen LogP contribution in [0, 0.1) is 24.1 Å². The topological polar surface area (TPSA) is 79.5 Å². The summed E-state index contributed by atoms with van der Waals surface area (Å²) < 4.78 is 24.3. The van der Waals surface area contributed by atoms with Gasteiger partial charge in [0, 0.05) is 16.1 Å². The van der Waals surface area contributed by atoms with Crippen LogP contribution in [0.3, 0.4) is 0 Å². The highest BCUT2D eigenvalue weighted by Gasteiger charge is 2.22. The van der Waals surface area contributed by atoms with E-state index in [1.54, 1.807) is 6.92 Å². The van der Waals surface area contributed by atoms with Crippen LogP contribution in [0.15, 0.2) is 24.3 Å². The number of phenols is 1. The molecule has 2 rings (SSSR count). The van der Waals surface area contributed by atoms with E-state index in [0.717, 1.165) is 0 Å². The first-order chi connectivity index (χ1) is 11.4. The average Bonchev–Trinajstić information content (AvgIpc) is 2.54. The monoisotopic (exact) mass is 349 g/mol. The molecule has 0 bridgehead atoms. The molecule has 0 amide bonds. The Labute approximate surface area is 142 Å². The number of hydrogen-bond donors (Lipinski definition) is 1. The molecule has 0 aliphatic rings. The smallest absolute Gasteiger partial charge is 0.505 e. The molecule has 24 heavy (non-hydrogen) atoms. The number of phenolic OH excluding ortho intramolecular Hbond substituents is 1. The largest absolute Gasteiger partial charge is 0.513 e. The molecule has 0 unspecified atom stereocenters. The number of carbonyl (C=O) groups is 1. The number of halogens is 2. The van der Waals surface area contributed by atoms with Crippen molar-refractivity contribution in [2.24, 2.45) is 0 Å². The van der Waals surface area contributed by atoms with Crippen LogP contribution in [0.5, 0.6) is 11.5 Å². The second kappa shape index (κ2) is 7.20. The molecule has 0 fully saturated rings. The minimum absolute atomic E-state index is 0.0289. The lowest BCUT2D eigenvalue weighted by Crippen LogP contribution is -2.11. The van der Waals surface area contributed by atoms with Crippen molar-refractivity contribution in [1.82, 2.24) is 0 Å². The number of aryl methyl sites for hydroxylation is 1. The van der Waals surface area contributed by atoms with E-state index in [1.165, 1.54) is 31.2 Å². The second-order valence-corrected chi connectivity index (χ2v) is 5.25. The van der Waals surface area contributed by atoms with Gasteiger partial charge in [0.2, 0.25) is 0 Å². The predicted molar refractivity (Wildman–Crippen MR) is 85.6 cm³/mol. The fourth-order valence-corrected chi connectivity index (χ4v) is 2.31. The number of carbonyl (C=O) groups excluding carboxylic acids is 1. The maximum absolute atomic E-state index is 14.6. The first-order valence-electron chi connectivity index (χ1n) is 6.95. The highest BCUT2D eigenvalue weighted by Crippen LogP contribution is 2.40. The van der Waals surface area contributed by atoms with E-state index in [4.69, 9.17) is 21.1 Å². The van der Waals surface area contributed by atoms with Gasteiger partial charge in [-0.15, -0.1) is 0 Å². The summed E-state index contributed by atoms with van der Waals surface area (Å²) in [7, 11) is 0. The molecule has 124 valence electrons. The lowest BCUT2D eigenvalue weighted by Gasteiger charge is -2.14. The van der Waals surface area contributed by atoms with Crippen molar-refractivity contribution in [3.05, 3.63) is 46.2 Å². The van der Waals surface area contributed by atoms with Crippen LogP contribution in [-0.2, 0) is 4.74 Å². The molecule has 5 nitrogen and oxygen atoms in total. The van der Waals surface area contributed by atoms with Gasteiger partial charge in [-0.05, 0) is 43.7 Å². The number of hydrogen-bond acceptors (Lipinski definition) is 5. The van der Waals surface area contributed by atoms with Crippen LogP contribution in [-0.4, -0.2) is 17.9 Å². The highest BCUT2D eigenvalue weighted by atomic mass is 35.5. The van der Waals surface area contributed by atoms with Gasteiger partial charge in [0.1, 0.15) is 5.75 Å². The summed E-state index contributed by atoms with van der Waals surface area (Å²) in [5, 5.41) is 19.4. The van der Waals surface area contributed by atoms with E-state index in [0.29, 0.717) is 0 Å². The summed E-state index contributed by atoms with van der Waals surface area (Å²) in [6, 6.07) is 7.33. The van der Waals surface area contributed by atoms with Crippen molar-refractivity contribution in [3.63, 3.8) is 0 Å². The van der Waals surface area contributed by atoms with E-state index in [2.05, 4.69) is 0 Å². The van der Waals surface area contributed by atoms with Crippen LogP contribution in [0.2, 0.25) is 5.02 Å². The van der Waals surface area contributed by atoms with Crippen LogP contribution in [0.25, 0.3) is 11.1 Å². The highest BCUT2D eigenvalue weighted by molar-refractivity contribution is 6.31. The van der Waals surface area contributed by atoms with Crippen molar-refractivity contribution >= 4 is 17.8 Å². The molecule has 0 atom stereocenters. The molecule has 0 aliphatic carbocycles. The Bertz CT molecular complexity index is 845. The summed E-state index contributed by atoms with van der Waals surface area (Å²) in [6.07, 6.45) is -0.976. The van der Waals surface area contributed by atoms with E-state index in [1.807, 2.05) is 6.07 Å². The number of ether oxygens (including phenoxy) is 2. The van der Waals surface area contributed by atoms with Crippen LogP contribution < -0.4 is 4.74 Å². The number of nitrogens with zero attached hydrogens (tertiary/aromatic N) is 1. The van der Waals surface area contributed by atoms with Gasteiger partial charge >= 0.3 is 6.16 Å². The maximum atomic E-state index is 14.6. The number of nitriles is 1. The third-order valence-corrected chi connectivity index (χ3v) is 3.45. The Kier molecular flexibility index (Phi) is 5.27. The van der Waals surface area contributed by atoms with E-state index < -0.39 is 17.7 Å². The summed E-state index contributed by atoms with van der Waals surface area (Å²) in [5.74, 6) is -1.63. The van der Waals surface area contributed by atoms with Gasteiger partial charge in [0.05, 0.1) is 18.2 Å². The van der Waals surface area contributed by atoms with Gasteiger partial charge in [0.25, 0.3) is 0 Å². The second-order valence-electron chi connectivity index (χ2n) is 4.82. The lowest BCUT2D eigenvalue weighted by atomic mass is 9.96. The molecule has 0 heterocycles. The SMILES string of the molecule is CCOC(=O)Oc1ccc(Cl)cc1-c1c(C#N)cc(C)c(O)c1F. The zero-order valence-corrected chi connectivity index (χ0v) is 13.6. The lowest BCUT2D eigenvalue weighted by molar-refractivity contribution is 0.104. The Morgan fingerprint density at radius 2 is 2.12 bits per heavy atom. The molecule has 0 aliphatic heterocycles.